The quantitative estimate of drug-likeness (QED) is 0.808. The van der Waals surface area contributed by atoms with Crippen molar-refractivity contribution in [1.82, 2.24) is 0 Å². The Morgan fingerprint density at radius 3 is 1.53 bits per heavy atom. The summed E-state index contributed by atoms with van der Waals surface area (Å²) >= 11 is 12.5. The molecule has 100 valence electrons. The van der Waals surface area contributed by atoms with Gasteiger partial charge >= 0.3 is 0 Å². The Balaban J connectivity index is 2.42. The molecule has 0 aliphatic carbocycles. The van der Waals surface area contributed by atoms with E-state index in [1.165, 1.54) is 0 Å². The number of anilines is 2. The third-order valence-electron chi connectivity index (χ3n) is 3.25. The second kappa shape index (κ2) is 5.32. The van der Waals surface area contributed by atoms with Crippen molar-refractivity contribution in [3.8, 4) is 0 Å². The number of nitrogen functional groups attached to an aromatic ring is 2. The number of nitrogens with two attached hydrogens (primary N) is 2. The predicted octanol–water partition coefficient (Wildman–Crippen LogP) is 4.37. The second-order valence-electron chi connectivity index (χ2n) is 4.78. The molecule has 0 radical (unpaired) electrons. The van der Waals surface area contributed by atoms with E-state index in [9.17, 15) is 0 Å². The summed E-state index contributed by atoms with van der Waals surface area (Å²) in [7, 11) is 0. The Labute approximate surface area is 123 Å². The molecule has 0 aliphatic rings. The first-order valence-electron chi connectivity index (χ1n) is 5.97. The molecule has 0 heterocycles. The maximum atomic E-state index is 6.23. The lowest BCUT2D eigenvalue weighted by molar-refractivity contribution is 1.17. The van der Waals surface area contributed by atoms with E-state index in [1.807, 2.05) is 26.0 Å². The van der Waals surface area contributed by atoms with Crippen molar-refractivity contribution in [2.24, 2.45) is 0 Å². The second-order valence-corrected chi connectivity index (χ2v) is 5.59. The first kappa shape index (κ1) is 14.0. The highest BCUT2D eigenvalue weighted by molar-refractivity contribution is 6.32. The number of benzene rings is 2. The summed E-state index contributed by atoms with van der Waals surface area (Å²) in [5.41, 5.74) is 17.1. The van der Waals surface area contributed by atoms with E-state index < -0.39 is 0 Å². The number of halogens is 2. The van der Waals surface area contributed by atoms with E-state index in [0.29, 0.717) is 27.8 Å². The van der Waals surface area contributed by atoms with Gasteiger partial charge in [-0.3, -0.25) is 0 Å². The summed E-state index contributed by atoms with van der Waals surface area (Å²) in [4.78, 5) is 0. The highest BCUT2D eigenvalue weighted by Crippen LogP contribution is 2.29. The number of aryl methyl sites for hydroxylation is 2. The first-order chi connectivity index (χ1) is 8.88. The minimum atomic E-state index is 0.661. The van der Waals surface area contributed by atoms with E-state index in [-0.39, 0.29) is 0 Å². The molecule has 0 bridgehead atoms. The normalized spacial score (nSPS) is 10.7. The topological polar surface area (TPSA) is 52.0 Å². The van der Waals surface area contributed by atoms with Crippen LogP contribution in [-0.4, -0.2) is 0 Å². The molecule has 0 aliphatic heterocycles. The maximum Gasteiger partial charge on any atom is 0.0462 e. The van der Waals surface area contributed by atoms with Gasteiger partial charge in [-0.05, 0) is 48.2 Å². The smallest absolute Gasteiger partial charge is 0.0462 e. The van der Waals surface area contributed by atoms with Crippen molar-refractivity contribution in [2.75, 3.05) is 11.5 Å². The summed E-state index contributed by atoms with van der Waals surface area (Å²) in [5, 5.41) is 1.32. The molecule has 0 amide bonds. The molecule has 0 fully saturated rings. The highest BCUT2D eigenvalue weighted by Gasteiger charge is 2.09. The molecule has 0 saturated heterocycles. The Morgan fingerprint density at radius 2 is 1.16 bits per heavy atom. The molecular weight excluding hydrogens is 279 g/mol. The monoisotopic (exact) mass is 294 g/mol. The van der Waals surface area contributed by atoms with Crippen molar-refractivity contribution in [3.05, 3.63) is 56.6 Å². The van der Waals surface area contributed by atoms with Gasteiger partial charge in [0.1, 0.15) is 0 Å². The van der Waals surface area contributed by atoms with E-state index >= 15 is 0 Å². The molecule has 0 saturated carbocycles. The highest BCUT2D eigenvalue weighted by atomic mass is 35.5. The van der Waals surface area contributed by atoms with Gasteiger partial charge in [0, 0.05) is 27.8 Å². The van der Waals surface area contributed by atoms with Gasteiger partial charge in [-0.1, -0.05) is 35.3 Å². The van der Waals surface area contributed by atoms with Crippen LogP contribution in [0.3, 0.4) is 0 Å². The summed E-state index contributed by atoms with van der Waals surface area (Å²) in [6.07, 6.45) is 0.667. The average molecular weight is 295 g/mol. The molecule has 2 aromatic carbocycles. The van der Waals surface area contributed by atoms with Crippen molar-refractivity contribution in [3.63, 3.8) is 0 Å². The molecule has 2 nitrogen and oxygen atoms in total. The average Bonchev–Trinajstić information content (AvgIpc) is 2.32. The zero-order valence-electron chi connectivity index (χ0n) is 10.9. The van der Waals surface area contributed by atoms with E-state index in [4.69, 9.17) is 34.7 Å². The third kappa shape index (κ3) is 2.96. The minimum absolute atomic E-state index is 0.661. The molecule has 4 heteroatoms. The number of hydrogen-bond donors (Lipinski definition) is 2. The molecule has 4 N–H and O–H groups in total. The third-order valence-corrected chi connectivity index (χ3v) is 3.95. The van der Waals surface area contributed by atoms with Crippen LogP contribution in [-0.2, 0) is 6.42 Å². The molecule has 2 aromatic rings. The fourth-order valence-electron chi connectivity index (χ4n) is 1.99. The summed E-state index contributed by atoms with van der Waals surface area (Å²) in [5.74, 6) is 0. The summed E-state index contributed by atoms with van der Waals surface area (Å²) in [6, 6.07) is 7.56. The van der Waals surface area contributed by atoms with Crippen LogP contribution in [0.1, 0.15) is 22.3 Å². The van der Waals surface area contributed by atoms with Gasteiger partial charge in [0.05, 0.1) is 0 Å². The molecule has 2 rings (SSSR count). The predicted molar refractivity (Wildman–Crippen MR) is 84.0 cm³/mol. The van der Waals surface area contributed by atoms with Gasteiger partial charge in [-0.15, -0.1) is 0 Å². The van der Waals surface area contributed by atoms with Crippen LogP contribution in [0.25, 0.3) is 0 Å². The van der Waals surface area contributed by atoms with E-state index in [0.717, 1.165) is 22.3 Å². The SMILES string of the molecule is Cc1cc(Cc2cc(C)c(N)cc2Cl)c(Cl)cc1N. The minimum Gasteiger partial charge on any atom is -0.398 e. The molecular formula is C15H16Cl2N2. The van der Waals surface area contributed by atoms with Gasteiger partial charge < -0.3 is 11.5 Å². The standard InChI is InChI=1S/C15H16Cl2N2/c1-8-3-10(12(16)6-14(8)18)5-11-4-9(2)15(19)7-13(11)17/h3-4,6-7H,5,18-19H2,1-2H3. The fraction of sp³-hybridized carbons (Fsp3) is 0.200. The summed E-state index contributed by atoms with van der Waals surface area (Å²) < 4.78 is 0. The first-order valence-corrected chi connectivity index (χ1v) is 6.73. The van der Waals surface area contributed by atoms with Crippen LogP contribution in [0, 0.1) is 13.8 Å². The molecule has 0 unspecified atom stereocenters. The number of hydrogen-bond acceptors (Lipinski definition) is 2. The van der Waals surface area contributed by atoms with Crippen LogP contribution in [0.15, 0.2) is 24.3 Å². The van der Waals surface area contributed by atoms with Gasteiger partial charge in [-0.25, -0.2) is 0 Å². The van der Waals surface area contributed by atoms with Crippen LogP contribution in [0.2, 0.25) is 10.0 Å². The van der Waals surface area contributed by atoms with Gasteiger partial charge in [0.15, 0.2) is 0 Å². The van der Waals surface area contributed by atoms with Crippen molar-refractivity contribution in [1.29, 1.82) is 0 Å². The van der Waals surface area contributed by atoms with E-state index in [2.05, 4.69) is 0 Å². The molecule has 19 heavy (non-hydrogen) atoms. The Morgan fingerprint density at radius 1 is 0.789 bits per heavy atom. The maximum absolute atomic E-state index is 6.23. The van der Waals surface area contributed by atoms with Gasteiger partial charge in [0.2, 0.25) is 0 Å². The van der Waals surface area contributed by atoms with Gasteiger partial charge in [-0.2, -0.15) is 0 Å². The van der Waals surface area contributed by atoms with Crippen molar-refractivity contribution >= 4 is 34.6 Å². The van der Waals surface area contributed by atoms with Crippen LogP contribution >= 0.6 is 23.2 Å². The lowest BCUT2D eigenvalue weighted by Crippen LogP contribution is -1.98. The van der Waals surface area contributed by atoms with Gasteiger partial charge in [0.25, 0.3) is 0 Å². The zero-order chi connectivity index (χ0) is 14.2. The summed E-state index contributed by atoms with van der Waals surface area (Å²) in [6.45, 7) is 3.93. The molecule has 0 atom stereocenters. The lowest BCUT2D eigenvalue weighted by Gasteiger charge is -2.11. The zero-order valence-corrected chi connectivity index (χ0v) is 12.4. The largest absolute Gasteiger partial charge is 0.398 e. The van der Waals surface area contributed by atoms with Crippen molar-refractivity contribution < 1.29 is 0 Å². The van der Waals surface area contributed by atoms with E-state index in [1.54, 1.807) is 12.1 Å². The Kier molecular flexibility index (Phi) is 3.93. The molecule has 0 spiro atoms. The lowest BCUT2D eigenvalue weighted by atomic mass is 10.00. The Bertz CT molecular complexity index is 581. The fourth-order valence-corrected chi connectivity index (χ4v) is 2.47. The van der Waals surface area contributed by atoms with Crippen LogP contribution in [0.4, 0.5) is 11.4 Å². The Hall–Kier alpha value is -1.38. The molecule has 0 aromatic heterocycles. The number of rotatable bonds is 2. The van der Waals surface area contributed by atoms with Crippen LogP contribution in [0.5, 0.6) is 0 Å². The van der Waals surface area contributed by atoms with Crippen LogP contribution < -0.4 is 11.5 Å². The van der Waals surface area contributed by atoms with Crippen molar-refractivity contribution in [2.45, 2.75) is 20.3 Å².